The maximum absolute atomic E-state index is 13.2. The van der Waals surface area contributed by atoms with Crippen molar-refractivity contribution in [2.45, 2.75) is 6.42 Å². The highest BCUT2D eigenvalue weighted by Gasteiger charge is 2.25. The summed E-state index contributed by atoms with van der Waals surface area (Å²) in [7, 11) is 0. The first-order chi connectivity index (χ1) is 16.8. The molecule has 3 aromatic carbocycles. The van der Waals surface area contributed by atoms with Crippen LogP contribution in [0.15, 0.2) is 72.8 Å². The summed E-state index contributed by atoms with van der Waals surface area (Å²) in [6.07, 6.45) is 0.846. The zero-order valence-electron chi connectivity index (χ0n) is 18.7. The molecule has 34 heavy (non-hydrogen) atoms. The van der Waals surface area contributed by atoms with Gasteiger partial charge >= 0.3 is 0 Å². The Labute approximate surface area is 197 Å². The Morgan fingerprint density at radius 1 is 0.765 bits per heavy atom. The van der Waals surface area contributed by atoms with E-state index in [4.69, 9.17) is 19.4 Å². The summed E-state index contributed by atoms with van der Waals surface area (Å²) >= 11 is 0. The van der Waals surface area contributed by atoms with Gasteiger partial charge in [-0.05, 0) is 36.8 Å². The molecule has 7 heteroatoms. The molecule has 0 saturated carbocycles. The standard InChI is InChI=1S/C27H24N4O3/c32-27(20-11-12-23-24(17-20)34-18-33-23)31-14-6-13-30(15-16-31)26-25(19-7-2-1-3-8-19)28-21-9-4-5-10-22(21)29-26/h1-5,7-12,17H,6,13-16,18H2. The predicted octanol–water partition coefficient (Wildman–Crippen LogP) is 4.38. The van der Waals surface area contributed by atoms with Crippen molar-refractivity contribution in [1.29, 1.82) is 0 Å². The van der Waals surface area contributed by atoms with E-state index in [1.54, 1.807) is 18.2 Å². The molecule has 0 N–H and O–H groups in total. The molecule has 1 amide bonds. The van der Waals surface area contributed by atoms with E-state index < -0.39 is 0 Å². The number of para-hydroxylation sites is 2. The van der Waals surface area contributed by atoms with Crippen LogP contribution in [0, 0.1) is 0 Å². The van der Waals surface area contributed by atoms with Crippen molar-refractivity contribution in [3.8, 4) is 22.8 Å². The summed E-state index contributed by atoms with van der Waals surface area (Å²) in [6.45, 7) is 2.98. The van der Waals surface area contributed by atoms with Gasteiger partial charge in [-0.15, -0.1) is 0 Å². The number of anilines is 1. The van der Waals surface area contributed by atoms with E-state index in [-0.39, 0.29) is 12.7 Å². The second-order valence-electron chi connectivity index (χ2n) is 8.45. The number of ether oxygens (including phenoxy) is 2. The van der Waals surface area contributed by atoms with Gasteiger partial charge in [0, 0.05) is 37.3 Å². The van der Waals surface area contributed by atoms with Crippen molar-refractivity contribution in [1.82, 2.24) is 14.9 Å². The van der Waals surface area contributed by atoms with Gasteiger partial charge in [-0.1, -0.05) is 42.5 Å². The molecular formula is C27H24N4O3. The number of carbonyl (C=O) groups excluding carboxylic acids is 1. The lowest BCUT2D eigenvalue weighted by Gasteiger charge is -2.25. The zero-order valence-corrected chi connectivity index (χ0v) is 18.7. The Morgan fingerprint density at radius 3 is 2.38 bits per heavy atom. The average Bonchev–Trinajstić information content (AvgIpc) is 3.23. The molecule has 170 valence electrons. The minimum absolute atomic E-state index is 0.00743. The Kier molecular flexibility index (Phi) is 5.22. The fourth-order valence-electron chi connectivity index (χ4n) is 4.55. The lowest BCUT2D eigenvalue weighted by atomic mass is 10.1. The molecule has 0 radical (unpaired) electrons. The highest BCUT2D eigenvalue weighted by atomic mass is 16.7. The first-order valence-electron chi connectivity index (χ1n) is 11.5. The Morgan fingerprint density at radius 2 is 1.53 bits per heavy atom. The second kappa shape index (κ2) is 8.67. The van der Waals surface area contributed by atoms with Crippen molar-refractivity contribution >= 4 is 22.8 Å². The summed E-state index contributed by atoms with van der Waals surface area (Å²) < 4.78 is 10.8. The van der Waals surface area contributed by atoms with Gasteiger partial charge in [-0.2, -0.15) is 0 Å². The van der Waals surface area contributed by atoms with Gasteiger partial charge in [0.1, 0.15) is 5.69 Å². The van der Waals surface area contributed by atoms with Gasteiger partial charge < -0.3 is 19.3 Å². The number of amides is 1. The molecule has 2 aliphatic rings. The van der Waals surface area contributed by atoms with E-state index in [2.05, 4.69) is 17.0 Å². The van der Waals surface area contributed by atoms with Crippen molar-refractivity contribution in [2.24, 2.45) is 0 Å². The molecule has 0 spiro atoms. The van der Waals surface area contributed by atoms with E-state index in [9.17, 15) is 4.79 Å². The maximum atomic E-state index is 13.2. The van der Waals surface area contributed by atoms with Crippen LogP contribution in [-0.2, 0) is 0 Å². The normalized spacial score (nSPS) is 15.4. The Balaban J connectivity index is 1.29. The molecule has 0 aliphatic carbocycles. The number of benzene rings is 3. The molecule has 0 bridgehead atoms. The number of rotatable bonds is 3. The molecule has 7 nitrogen and oxygen atoms in total. The molecule has 2 aliphatic heterocycles. The first-order valence-corrected chi connectivity index (χ1v) is 11.5. The van der Waals surface area contributed by atoms with Gasteiger partial charge in [0.15, 0.2) is 17.3 Å². The van der Waals surface area contributed by atoms with Crippen LogP contribution in [0.5, 0.6) is 11.5 Å². The lowest BCUT2D eigenvalue weighted by molar-refractivity contribution is 0.0766. The minimum Gasteiger partial charge on any atom is -0.454 e. The van der Waals surface area contributed by atoms with Crippen molar-refractivity contribution < 1.29 is 14.3 Å². The van der Waals surface area contributed by atoms with Crippen LogP contribution in [0.3, 0.4) is 0 Å². The molecular weight excluding hydrogens is 428 g/mol. The molecule has 1 saturated heterocycles. The molecule has 1 fully saturated rings. The predicted molar refractivity (Wildman–Crippen MR) is 130 cm³/mol. The summed E-state index contributed by atoms with van der Waals surface area (Å²) in [4.78, 5) is 27.4. The van der Waals surface area contributed by atoms with Crippen LogP contribution >= 0.6 is 0 Å². The molecule has 4 aromatic rings. The number of fused-ring (bicyclic) bond motifs is 2. The molecule has 1 aromatic heterocycles. The fraction of sp³-hybridized carbons (Fsp3) is 0.222. The number of carbonyl (C=O) groups is 1. The second-order valence-corrected chi connectivity index (χ2v) is 8.45. The number of hydrogen-bond donors (Lipinski definition) is 0. The highest BCUT2D eigenvalue weighted by molar-refractivity contribution is 5.95. The highest BCUT2D eigenvalue weighted by Crippen LogP contribution is 2.33. The van der Waals surface area contributed by atoms with Crippen molar-refractivity contribution in [3.63, 3.8) is 0 Å². The van der Waals surface area contributed by atoms with Gasteiger partial charge in [0.25, 0.3) is 5.91 Å². The van der Waals surface area contributed by atoms with E-state index in [0.717, 1.165) is 41.1 Å². The largest absolute Gasteiger partial charge is 0.454 e. The van der Waals surface area contributed by atoms with E-state index in [0.29, 0.717) is 36.7 Å². The smallest absolute Gasteiger partial charge is 0.254 e. The summed E-state index contributed by atoms with van der Waals surface area (Å²) in [6, 6.07) is 23.5. The van der Waals surface area contributed by atoms with Crippen LogP contribution in [0.2, 0.25) is 0 Å². The van der Waals surface area contributed by atoms with Gasteiger partial charge in [-0.3, -0.25) is 4.79 Å². The van der Waals surface area contributed by atoms with E-state index in [1.807, 2.05) is 47.4 Å². The summed E-state index contributed by atoms with van der Waals surface area (Å²) in [5, 5.41) is 0. The fourth-order valence-corrected chi connectivity index (χ4v) is 4.55. The number of aromatic nitrogens is 2. The molecule has 6 rings (SSSR count). The molecule has 0 unspecified atom stereocenters. The van der Waals surface area contributed by atoms with Crippen LogP contribution in [0.4, 0.5) is 5.82 Å². The Bertz CT molecular complexity index is 1360. The maximum Gasteiger partial charge on any atom is 0.254 e. The third-order valence-corrected chi connectivity index (χ3v) is 6.30. The van der Waals surface area contributed by atoms with Crippen molar-refractivity contribution in [2.75, 3.05) is 37.9 Å². The lowest BCUT2D eigenvalue weighted by Crippen LogP contribution is -2.35. The van der Waals surface area contributed by atoms with Crippen molar-refractivity contribution in [3.05, 3.63) is 78.4 Å². The third kappa shape index (κ3) is 3.79. The number of hydrogen-bond acceptors (Lipinski definition) is 6. The van der Waals surface area contributed by atoms with Crippen LogP contribution in [0.1, 0.15) is 16.8 Å². The monoisotopic (exact) mass is 452 g/mol. The SMILES string of the molecule is O=C(c1ccc2c(c1)OCO2)N1CCCN(c2nc3ccccc3nc2-c2ccccc2)CC1. The average molecular weight is 453 g/mol. The van der Waals surface area contributed by atoms with Gasteiger partial charge in [-0.25, -0.2) is 9.97 Å². The number of nitrogens with zero attached hydrogens (tertiary/aromatic N) is 4. The van der Waals surface area contributed by atoms with E-state index >= 15 is 0 Å². The third-order valence-electron chi connectivity index (χ3n) is 6.30. The molecule has 0 atom stereocenters. The quantitative estimate of drug-likeness (QED) is 0.460. The summed E-state index contributed by atoms with van der Waals surface area (Å²) in [5.74, 6) is 2.18. The zero-order chi connectivity index (χ0) is 22.9. The minimum atomic E-state index is 0.00743. The van der Waals surface area contributed by atoms with Gasteiger partial charge in [0.05, 0.1) is 11.0 Å². The van der Waals surface area contributed by atoms with Crippen LogP contribution < -0.4 is 14.4 Å². The first kappa shape index (κ1) is 20.5. The topological polar surface area (TPSA) is 67.8 Å². The summed E-state index contributed by atoms with van der Waals surface area (Å²) in [5.41, 5.74) is 4.27. The van der Waals surface area contributed by atoms with Crippen LogP contribution in [-0.4, -0.2) is 53.7 Å². The molecule has 3 heterocycles. The van der Waals surface area contributed by atoms with E-state index in [1.165, 1.54) is 0 Å². The van der Waals surface area contributed by atoms with Crippen LogP contribution in [0.25, 0.3) is 22.3 Å². The Hall–Kier alpha value is -4.13. The van der Waals surface area contributed by atoms with Gasteiger partial charge in [0.2, 0.25) is 6.79 Å².